The van der Waals surface area contributed by atoms with Gasteiger partial charge in [-0.1, -0.05) is 0 Å². The van der Waals surface area contributed by atoms with E-state index in [0.29, 0.717) is 0 Å². The Balaban J connectivity index is 3.12. The number of alkyl halides is 6. The first-order valence-corrected chi connectivity index (χ1v) is 2.65. The van der Waals surface area contributed by atoms with Crippen LogP contribution in [-0.4, -0.2) is 17.8 Å². The summed E-state index contributed by atoms with van der Waals surface area (Å²) in [5.74, 6) is -7.28. The molecule has 0 spiro atoms. The molecule has 1 atom stereocenters. The van der Waals surface area contributed by atoms with Crippen LogP contribution < -0.4 is 0 Å². The van der Waals surface area contributed by atoms with E-state index in [2.05, 4.69) is 0 Å². The van der Waals surface area contributed by atoms with Gasteiger partial charge in [-0.15, -0.1) is 0 Å². The molecule has 0 heterocycles. The van der Waals surface area contributed by atoms with Gasteiger partial charge in [-0.2, -0.15) is 22.0 Å². The highest BCUT2D eigenvalue weighted by molar-refractivity contribution is 5.36. The van der Waals surface area contributed by atoms with Crippen molar-refractivity contribution in [1.82, 2.24) is 0 Å². The van der Waals surface area contributed by atoms with Crippen LogP contribution in [0.4, 0.5) is 30.7 Å². The van der Waals surface area contributed by atoms with E-state index >= 15 is 0 Å². The first-order valence-electron chi connectivity index (χ1n) is 2.65. The molecule has 12 heavy (non-hydrogen) atoms. The van der Waals surface area contributed by atoms with Gasteiger partial charge in [-0.05, 0) is 0 Å². The van der Waals surface area contributed by atoms with E-state index in [-0.39, 0.29) is 0 Å². The molecule has 0 aromatic carbocycles. The van der Waals surface area contributed by atoms with Crippen molar-refractivity contribution in [1.29, 1.82) is 0 Å². The minimum absolute atomic E-state index is 0.694. The predicted octanol–water partition coefficient (Wildman–Crippen LogP) is 2.76. The highest BCUT2D eigenvalue weighted by atomic mass is 19.4. The van der Waals surface area contributed by atoms with Crippen LogP contribution >= 0.6 is 0 Å². The standard InChI is InChI=1S/C5HF7/c6-2-1-3(7,8)4(2,9)5(10,11)12/h1H. The third-order valence-corrected chi connectivity index (χ3v) is 1.49. The molecule has 7 heteroatoms. The SMILES string of the molecule is FC1=CC(F)(F)C1(F)C(F)(F)F. The van der Waals surface area contributed by atoms with E-state index in [1.165, 1.54) is 0 Å². The number of halogens is 7. The normalized spacial score (nSPS) is 34.1. The van der Waals surface area contributed by atoms with Crippen molar-refractivity contribution < 1.29 is 30.7 Å². The molecular weight excluding hydrogens is 193 g/mol. The largest absolute Gasteiger partial charge is 0.435 e. The summed E-state index contributed by atoms with van der Waals surface area (Å²) in [5, 5.41) is 0. The third-order valence-electron chi connectivity index (χ3n) is 1.49. The first kappa shape index (κ1) is 9.34. The lowest BCUT2D eigenvalue weighted by Gasteiger charge is -2.38. The Hall–Kier alpha value is -0.750. The Kier molecular flexibility index (Phi) is 1.51. The summed E-state index contributed by atoms with van der Waals surface area (Å²) in [6.45, 7) is 0. The van der Waals surface area contributed by atoms with Crippen molar-refractivity contribution in [2.75, 3.05) is 0 Å². The minimum atomic E-state index is -5.92. The smallest absolute Gasteiger partial charge is 0.219 e. The van der Waals surface area contributed by atoms with Crippen LogP contribution in [-0.2, 0) is 0 Å². The molecule has 1 aliphatic carbocycles. The summed E-state index contributed by atoms with van der Waals surface area (Å²) in [4.78, 5) is 0. The highest BCUT2D eigenvalue weighted by Crippen LogP contribution is 2.57. The van der Waals surface area contributed by atoms with Crippen molar-refractivity contribution in [3.05, 3.63) is 11.9 Å². The molecule has 1 unspecified atom stereocenters. The Labute approximate surface area is 61.7 Å². The predicted molar refractivity (Wildman–Crippen MR) is 24.0 cm³/mol. The van der Waals surface area contributed by atoms with Crippen molar-refractivity contribution in [3.63, 3.8) is 0 Å². The van der Waals surface area contributed by atoms with Gasteiger partial charge in [0.1, 0.15) is 0 Å². The van der Waals surface area contributed by atoms with Crippen molar-refractivity contribution >= 4 is 0 Å². The Morgan fingerprint density at radius 2 is 1.50 bits per heavy atom. The lowest BCUT2D eigenvalue weighted by Crippen LogP contribution is -2.61. The first-order chi connectivity index (χ1) is 5.13. The van der Waals surface area contributed by atoms with E-state index in [9.17, 15) is 30.7 Å². The Morgan fingerprint density at radius 1 is 1.08 bits per heavy atom. The lowest BCUT2D eigenvalue weighted by molar-refractivity contribution is -0.293. The Morgan fingerprint density at radius 3 is 1.58 bits per heavy atom. The van der Waals surface area contributed by atoms with Gasteiger partial charge in [0, 0.05) is 6.08 Å². The van der Waals surface area contributed by atoms with Gasteiger partial charge in [0.15, 0.2) is 5.83 Å². The molecule has 1 rings (SSSR count). The molecule has 0 amide bonds. The molecule has 0 aliphatic heterocycles. The molecular formula is C5HF7. The highest BCUT2D eigenvalue weighted by Gasteiger charge is 2.79. The minimum Gasteiger partial charge on any atom is -0.219 e. The molecule has 0 nitrogen and oxygen atoms in total. The monoisotopic (exact) mass is 194 g/mol. The quantitative estimate of drug-likeness (QED) is 0.520. The maximum absolute atomic E-state index is 12.3. The van der Waals surface area contributed by atoms with E-state index < -0.39 is 29.7 Å². The summed E-state index contributed by atoms with van der Waals surface area (Å²) < 4.78 is 82.4. The lowest BCUT2D eigenvalue weighted by atomic mass is 9.84. The molecule has 0 aromatic rings. The second kappa shape index (κ2) is 1.94. The van der Waals surface area contributed by atoms with Crippen molar-refractivity contribution in [2.24, 2.45) is 0 Å². The van der Waals surface area contributed by atoms with Gasteiger partial charge in [-0.25, -0.2) is 8.78 Å². The Bertz CT molecular complexity index is 237. The van der Waals surface area contributed by atoms with Crippen LogP contribution in [0.2, 0.25) is 0 Å². The van der Waals surface area contributed by atoms with Gasteiger partial charge < -0.3 is 0 Å². The summed E-state index contributed by atoms with van der Waals surface area (Å²) in [6, 6.07) is 0. The molecule has 0 aromatic heterocycles. The molecule has 0 saturated carbocycles. The number of hydrogen-bond acceptors (Lipinski definition) is 0. The average molecular weight is 194 g/mol. The van der Waals surface area contributed by atoms with Crippen LogP contribution in [0.1, 0.15) is 0 Å². The van der Waals surface area contributed by atoms with Crippen LogP contribution in [0.15, 0.2) is 11.9 Å². The van der Waals surface area contributed by atoms with Gasteiger partial charge in [0.25, 0.3) is 0 Å². The van der Waals surface area contributed by atoms with Crippen molar-refractivity contribution in [2.45, 2.75) is 17.8 Å². The summed E-state index contributed by atoms with van der Waals surface area (Å²) in [6.07, 6.45) is -6.62. The summed E-state index contributed by atoms with van der Waals surface area (Å²) in [7, 11) is 0. The molecule has 70 valence electrons. The van der Waals surface area contributed by atoms with E-state index in [1.807, 2.05) is 0 Å². The van der Waals surface area contributed by atoms with Crippen molar-refractivity contribution in [3.8, 4) is 0 Å². The molecule has 0 bridgehead atoms. The maximum atomic E-state index is 12.3. The molecule has 0 saturated heterocycles. The molecule has 0 N–H and O–H groups in total. The van der Waals surface area contributed by atoms with Crippen LogP contribution in [0.25, 0.3) is 0 Å². The second-order valence-electron chi connectivity index (χ2n) is 2.27. The number of rotatable bonds is 0. The molecule has 1 aliphatic rings. The van der Waals surface area contributed by atoms with Gasteiger partial charge in [0.2, 0.25) is 0 Å². The number of hydrogen-bond donors (Lipinski definition) is 0. The summed E-state index contributed by atoms with van der Waals surface area (Å²) >= 11 is 0. The maximum Gasteiger partial charge on any atom is 0.435 e. The number of allylic oxidation sites excluding steroid dienone is 2. The fourth-order valence-corrected chi connectivity index (χ4v) is 0.764. The summed E-state index contributed by atoms with van der Waals surface area (Å²) in [5.41, 5.74) is -5.12. The zero-order valence-corrected chi connectivity index (χ0v) is 5.22. The molecule has 0 radical (unpaired) electrons. The second-order valence-corrected chi connectivity index (χ2v) is 2.27. The van der Waals surface area contributed by atoms with E-state index in [1.54, 1.807) is 0 Å². The fraction of sp³-hybridized carbons (Fsp3) is 0.600. The topological polar surface area (TPSA) is 0 Å². The van der Waals surface area contributed by atoms with E-state index in [4.69, 9.17) is 0 Å². The van der Waals surface area contributed by atoms with Crippen LogP contribution in [0.5, 0.6) is 0 Å². The average Bonchev–Trinajstić information content (AvgIpc) is 1.83. The van der Waals surface area contributed by atoms with Gasteiger partial charge in [-0.3, -0.25) is 0 Å². The zero-order valence-electron chi connectivity index (χ0n) is 5.22. The van der Waals surface area contributed by atoms with Gasteiger partial charge in [0.05, 0.1) is 0 Å². The van der Waals surface area contributed by atoms with Crippen LogP contribution in [0, 0.1) is 0 Å². The zero-order chi connectivity index (χ0) is 9.78. The molecule has 0 fully saturated rings. The van der Waals surface area contributed by atoms with Crippen LogP contribution in [0.3, 0.4) is 0 Å². The fourth-order valence-electron chi connectivity index (χ4n) is 0.764. The van der Waals surface area contributed by atoms with E-state index in [0.717, 1.165) is 0 Å². The van der Waals surface area contributed by atoms with Gasteiger partial charge >= 0.3 is 17.8 Å². The third kappa shape index (κ3) is 0.789.